The molecule has 0 amide bonds. The molecule has 6 heteroatoms. The van der Waals surface area contributed by atoms with Crippen molar-refractivity contribution in [3.05, 3.63) is 83.1 Å². The molecule has 2 aromatic carbocycles. The van der Waals surface area contributed by atoms with Crippen LogP contribution in [0.5, 0.6) is 0 Å². The molecular weight excluding hydrogens is 466 g/mol. The molecule has 1 aliphatic carbocycles. The lowest BCUT2D eigenvalue weighted by atomic mass is 9.65. The van der Waals surface area contributed by atoms with Crippen molar-refractivity contribution >= 4 is 11.9 Å². The Labute approximate surface area is 221 Å². The maximum Gasteiger partial charge on any atom is 0.336 e. The first kappa shape index (κ1) is 28.5. The van der Waals surface area contributed by atoms with Crippen LogP contribution in [0.25, 0.3) is 0 Å². The summed E-state index contributed by atoms with van der Waals surface area (Å²) in [4.78, 5) is 27.3. The molecule has 37 heavy (non-hydrogen) atoms. The first-order valence-electron chi connectivity index (χ1n) is 12.9. The van der Waals surface area contributed by atoms with E-state index in [4.69, 9.17) is 9.47 Å². The first-order valence-corrected chi connectivity index (χ1v) is 12.9. The van der Waals surface area contributed by atoms with Gasteiger partial charge < -0.3 is 19.9 Å². The lowest BCUT2D eigenvalue weighted by molar-refractivity contribution is -0.171. The maximum atomic E-state index is 13.8. The minimum absolute atomic E-state index is 0.0869. The number of nitrogens with one attached hydrogen (secondary N) is 1. The number of esters is 2. The van der Waals surface area contributed by atoms with Crippen LogP contribution in [0.1, 0.15) is 71.9 Å². The van der Waals surface area contributed by atoms with Crippen LogP contribution < -0.4 is 5.32 Å². The molecule has 1 aliphatic rings. The average molecular weight is 508 g/mol. The zero-order chi connectivity index (χ0) is 27.4. The van der Waals surface area contributed by atoms with E-state index in [1.807, 2.05) is 81.4 Å². The van der Waals surface area contributed by atoms with Crippen molar-refractivity contribution in [3.63, 3.8) is 0 Å². The highest BCUT2D eigenvalue weighted by atomic mass is 16.6. The smallest absolute Gasteiger partial charge is 0.336 e. The highest BCUT2D eigenvalue weighted by molar-refractivity contribution is 5.94. The molecule has 0 aliphatic heterocycles. The van der Waals surface area contributed by atoms with Gasteiger partial charge in [-0.25, -0.2) is 4.79 Å². The van der Waals surface area contributed by atoms with Gasteiger partial charge in [0.15, 0.2) is 0 Å². The van der Waals surface area contributed by atoms with Crippen LogP contribution in [-0.4, -0.2) is 40.4 Å². The summed E-state index contributed by atoms with van der Waals surface area (Å²) >= 11 is 0. The summed E-state index contributed by atoms with van der Waals surface area (Å²) in [6, 6.07) is 19.4. The fourth-order valence-electron chi connectivity index (χ4n) is 4.79. The van der Waals surface area contributed by atoms with Crippen molar-refractivity contribution in [1.29, 1.82) is 0 Å². The van der Waals surface area contributed by atoms with Crippen LogP contribution in [0.15, 0.2) is 71.9 Å². The number of rotatable bonds is 7. The summed E-state index contributed by atoms with van der Waals surface area (Å²) in [5.41, 5.74) is -0.117. The molecule has 0 radical (unpaired) electrons. The van der Waals surface area contributed by atoms with Gasteiger partial charge in [-0.3, -0.25) is 4.79 Å². The fraction of sp³-hybridized carbons (Fsp3) is 0.484. The zero-order valence-corrected chi connectivity index (χ0v) is 23.1. The molecule has 3 rings (SSSR count). The summed E-state index contributed by atoms with van der Waals surface area (Å²) in [7, 11) is 0. The molecule has 0 fully saturated rings. The third-order valence-corrected chi connectivity index (χ3v) is 6.21. The minimum Gasteiger partial charge on any atom is -0.460 e. The molecule has 0 saturated heterocycles. The predicted molar refractivity (Wildman–Crippen MR) is 145 cm³/mol. The fourth-order valence-corrected chi connectivity index (χ4v) is 4.79. The summed E-state index contributed by atoms with van der Waals surface area (Å²) in [5, 5.41) is 15.1. The highest BCUT2D eigenvalue weighted by Crippen LogP contribution is 2.48. The third-order valence-electron chi connectivity index (χ3n) is 6.21. The number of aliphatic hydroxyl groups is 1. The Morgan fingerprint density at radius 1 is 0.919 bits per heavy atom. The molecule has 0 unspecified atom stereocenters. The molecule has 3 atom stereocenters. The second-order valence-electron chi connectivity index (χ2n) is 12.0. The highest BCUT2D eigenvalue weighted by Gasteiger charge is 2.53. The van der Waals surface area contributed by atoms with Gasteiger partial charge in [0, 0.05) is 24.6 Å². The van der Waals surface area contributed by atoms with Gasteiger partial charge in [0.1, 0.15) is 11.2 Å². The van der Waals surface area contributed by atoms with E-state index in [1.54, 1.807) is 27.7 Å². The number of ether oxygens (including phenoxy) is 2. The molecule has 0 saturated carbocycles. The largest absolute Gasteiger partial charge is 0.460 e. The van der Waals surface area contributed by atoms with E-state index >= 15 is 0 Å². The van der Waals surface area contributed by atoms with Gasteiger partial charge >= 0.3 is 11.9 Å². The molecule has 0 spiro atoms. The van der Waals surface area contributed by atoms with Gasteiger partial charge in [0.25, 0.3) is 0 Å². The number of benzene rings is 2. The molecule has 0 aromatic heterocycles. The van der Waals surface area contributed by atoms with Crippen molar-refractivity contribution in [2.45, 2.75) is 84.0 Å². The number of carbonyl (C=O) groups is 2. The van der Waals surface area contributed by atoms with Crippen LogP contribution >= 0.6 is 0 Å². The second kappa shape index (κ2) is 11.1. The van der Waals surface area contributed by atoms with E-state index < -0.39 is 40.6 Å². The lowest BCUT2D eigenvalue weighted by Crippen LogP contribution is -2.52. The van der Waals surface area contributed by atoms with Crippen LogP contribution in [0.2, 0.25) is 0 Å². The Balaban J connectivity index is 2.12. The van der Waals surface area contributed by atoms with E-state index in [1.165, 1.54) is 0 Å². The van der Waals surface area contributed by atoms with E-state index in [0.717, 1.165) is 17.5 Å². The first-order chi connectivity index (χ1) is 17.2. The minimum atomic E-state index is -1.47. The molecule has 200 valence electrons. The maximum absolute atomic E-state index is 13.8. The van der Waals surface area contributed by atoms with E-state index in [2.05, 4.69) is 5.32 Å². The summed E-state index contributed by atoms with van der Waals surface area (Å²) in [6.45, 7) is 13.0. The summed E-state index contributed by atoms with van der Waals surface area (Å²) in [5.74, 6) is -2.81. The molecular formula is C31H41NO5. The van der Waals surface area contributed by atoms with Crippen LogP contribution in [0.3, 0.4) is 0 Å². The zero-order valence-electron chi connectivity index (χ0n) is 23.1. The number of hydrogen-bond donors (Lipinski definition) is 2. The van der Waals surface area contributed by atoms with Gasteiger partial charge in [-0.15, -0.1) is 0 Å². The van der Waals surface area contributed by atoms with Crippen LogP contribution in [0.4, 0.5) is 0 Å². The van der Waals surface area contributed by atoms with Gasteiger partial charge in [0.2, 0.25) is 0 Å². The monoisotopic (exact) mass is 507 g/mol. The van der Waals surface area contributed by atoms with Crippen LogP contribution in [-0.2, 0) is 25.5 Å². The van der Waals surface area contributed by atoms with Crippen molar-refractivity contribution in [2.24, 2.45) is 5.92 Å². The van der Waals surface area contributed by atoms with E-state index in [9.17, 15) is 14.7 Å². The number of carbonyl (C=O) groups excluding carboxylic acids is 2. The van der Waals surface area contributed by atoms with Gasteiger partial charge in [-0.2, -0.15) is 0 Å². The van der Waals surface area contributed by atoms with Crippen molar-refractivity contribution in [3.8, 4) is 0 Å². The Hall–Kier alpha value is -3.12. The van der Waals surface area contributed by atoms with E-state index in [-0.39, 0.29) is 6.42 Å². The Morgan fingerprint density at radius 2 is 1.46 bits per heavy atom. The molecule has 0 bridgehead atoms. The molecule has 6 nitrogen and oxygen atoms in total. The normalized spacial score (nSPS) is 22.4. The second-order valence-corrected chi connectivity index (χ2v) is 12.0. The Bertz CT molecular complexity index is 1110. The quantitative estimate of drug-likeness (QED) is 0.494. The topological polar surface area (TPSA) is 84.9 Å². The summed E-state index contributed by atoms with van der Waals surface area (Å²) in [6.07, 6.45) is 0.823. The third kappa shape index (κ3) is 7.68. The molecule has 2 aromatic rings. The Morgan fingerprint density at radius 3 is 2.00 bits per heavy atom. The van der Waals surface area contributed by atoms with Gasteiger partial charge in [-0.05, 0) is 66.0 Å². The molecule has 2 N–H and O–H groups in total. The SMILES string of the molecule is CC(C)(C)OC(=O)C1=C(NCCc2ccccc2)C[C@](C)(O)[C@H](C(=O)OC(C)(C)C)[C@H]1c1ccccc1. The molecule has 0 heterocycles. The van der Waals surface area contributed by atoms with Crippen molar-refractivity contribution in [2.75, 3.05) is 6.54 Å². The van der Waals surface area contributed by atoms with E-state index in [0.29, 0.717) is 17.8 Å². The lowest BCUT2D eigenvalue weighted by Gasteiger charge is -2.44. The predicted octanol–water partition coefficient (Wildman–Crippen LogP) is 5.31. The van der Waals surface area contributed by atoms with Crippen molar-refractivity contribution in [1.82, 2.24) is 5.32 Å². The van der Waals surface area contributed by atoms with Gasteiger partial charge in [-0.1, -0.05) is 60.7 Å². The summed E-state index contributed by atoms with van der Waals surface area (Å²) < 4.78 is 11.6. The average Bonchev–Trinajstić information content (AvgIpc) is 2.76. The standard InChI is InChI=1S/C31H41NO5/c1-29(2,3)36-27(33)25-23(32-19-18-21-14-10-8-11-15-21)20-31(7,35)26(28(34)37-30(4,5)6)24(25)22-16-12-9-13-17-22/h8-17,24,26,32,35H,18-20H2,1-7H3/t24-,26-,31-/m0/s1. The van der Waals surface area contributed by atoms with Gasteiger partial charge in [0.05, 0.1) is 17.1 Å². The van der Waals surface area contributed by atoms with Crippen LogP contribution in [0, 0.1) is 5.92 Å². The van der Waals surface area contributed by atoms with Crippen molar-refractivity contribution < 1.29 is 24.2 Å². The number of hydrogen-bond acceptors (Lipinski definition) is 6. The Kier molecular flexibility index (Phi) is 8.53.